The smallest absolute Gasteiger partial charge is 0.261 e. The number of allylic oxidation sites excluding steroid dienone is 2. The number of aliphatic hydroxyl groups is 1. The Morgan fingerprint density at radius 2 is 1.48 bits per heavy atom. The zero-order valence-electron chi connectivity index (χ0n) is 15.4. The van der Waals surface area contributed by atoms with Crippen LogP contribution in [-0.2, 0) is 4.43 Å². The van der Waals surface area contributed by atoms with E-state index < -0.39 is 14.4 Å². The summed E-state index contributed by atoms with van der Waals surface area (Å²) in [6, 6.07) is 20.9. The molecule has 0 aliphatic rings. The molecule has 0 aliphatic carbocycles. The fourth-order valence-corrected chi connectivity index (χ4v) is 7.81. The van der Waals surface area contributed by atoms with Crippen LogP contribution in [0.5, 0.6) is 0 Å². The molecule has 25 heavy (non-hydrogen) atoms. The topological polar surface area (TPSA) is 29.5 Å². The molecule has 0 saturated heterocycles. The first-order valence-electron chi connectivity index (χ1n) is 8.64. The zero-order chi connectivity index (χ0) is 18.3. The molecular formula is C22H28O2Si. The minimum absolute atomic E-state index is 0.0857. The first kappa shape index (κ1) is 19.4. The Kier molecular flexibility index (Phi) is 6.54. The van der Waals surface area contributed by atoms with Gasteiger partial charge in [0.1, 0.15) is 0 Å². The van der Waals surface area contributed by atoms with Gasteiger partial charge in [-0.05, 0) is 15.4 Å². The van der Waals surface area contributed by atoms with Crippen LogP contribution in [0.15, 0.2) is 85.5 Å². The lowest BCUT2D eigenvalue weighted by Crippen LogP contribution is -2.67. The SMILES string of the molecule is C=CC=CC(O)CO[Si](c1ccccc1)(c1ccccc1)C(C)(C)C. The van der Waals surface area contributed by atoms with Gasteiger partial charge in [0, 0.05) is 0 Å². The van der Waals surface area contributed by atoms with E-state index in [4.69, 9.17) is 4.43 Å². The molecular weight excluding hydrogens is 324 g/mol. The second-order valence-corrected chi connectivity index (χ2v) is 11.5. The maximum absolute atomic E-state index is 10.3. The van der Waals surface area contributed by atoms with Crippen molar-refractivity contribution < 1.29 is 9.53 Å². The molecule has 0 bridgehead atoms. The minimum Gasteiger partial charge on any atom is -0.404 e. The van der Waals surface area contributed by atoms with E-state index in [0.29, 0.717) is 0 Å². The van der Waals surface area contributed by atoms with E-state index >= 15 is 0 Å². The quantitative estimate of drug-likeness (QED) is 0.609. The van der Waals surface area contributed by atoms with Crippen molar-refractivity contribution in [2.45, 2.75) is 31.9 Å². The molecule has 1 N–H and O–H groups in total. The molecule has 1 atom stereocenters. The Morgan fingerprint density at radius 3 is 1.88 bits per heavy atom. The molecule has 3 heteroatoms. The third-order valence-electron chi connectivity index (χ3n) is 4.36. The van der Waals surface area contributed by atoms with Gasteiger partial charge in [-0.1, -0.05) is 106 Å². The molecule has 0 aliphatic heterocycles. The lowest BCUT2D eigenvalue weighted by atomic mass is 10.2. The summed E-state index contributed by atoms with van der Waals surface area (Å²) in [4.78, 5) is 0. The molecule has 2 nitrogen and oxygen atoms in total. The predicted octanol–water partition coefficient (Wildman–Crippen LogP) is 3.67. The van der Waals surface area contributed by atoms with Crippen LogP contribution in [0.1, 0.15) is 20.8 Å². The van der Waals surface area contributed by atoms with Crippen LogP contribution >= 0.6 is 0 Å². The first-order valence-corrected chi connectivity index (χ1v) is 10.5. The lowest BCUT2D eigenvalue weighted by molar-refractivity contribution is 0.138. The maximum atomic E-state index is 10.3. The Labute approximate surface area is 152 Å². The summed E-state index contributed by atoms with van der Waals surface area (Å²) in [5.74, 6) is 0. The summed E-state index contributed by atoms with van der Waals surface area (Å²) in [6.07, 6.45) is 4.47. The van der Waals surface area contributed by atoms with Crippen molar-refractivity contribution in [3.8, 4) is 0 Å². The van der Waals surface area contributed by atoms with Gasteiger partial charge in [-0.15, -0.1) is 0 Å². The Morgan fingerprint density at radius 1 is 1.00 bits per heavy atom. The van der Waals surface area contributed by atoms with E-state index in [1.807, 2.05) is 12.1 Å². The van der Waals surface area contributed by atoms with Gasteiger partial charge in [-0.3, -0.25) is 0 Å². The molecule has 0 spiro atoms. The van der Waals surface area contributed by atoms with E-state index in [1.165, 1.54) is 10.4 Å². The highest BCUT2D eigenvalue weighted by Crippen LogP contribution is 2.36. The number of rotatable bonds is 7. The molecule has 0 fully saturated rings. The van der Waals surface area contributed by atoms with Crippen LogP contribution in [-0.4, -0.2) is 26.1 Å². The van der Waals surface area contributed by atoms with Gasteiger partial charge >= 0.3 is 0 Å². The standard InChI is InChI=1S/C22H28O2Si/c1-5-6-13-19(23)18-24-25(22(2,3)4,20-14-9-7-10-15-20)21-16-11-8-12-17-21/h5-17,19,23H,1,18H2,2-4H3. The number of hydrogen-bond donors (Lipinski definition) is 1. The van der Waals surface area contributed by atoms with Crippen molar-refractivity contribution in [2.24, 2.45) is 0 Å². The van der Waals surface area contributed by atoms with Crippen LogP contribution in [0.25, 0.3) is 0 Å². The predicted molar refractivity (Wildman–Crippen MR) is 109 cm³/mol. The van der Waals surface area contributed by atoms with E-state index in [0.717, 1.165) is 0 Å². The first-order chi connectivity index (χ1) is 11.9. The summed E-state index contributed by atoms with van der Waals surface area (Å²) in [7, 11) is -2.57. The summed E-state index contributed by atoms with van der Waals surface area (Å²) >= 11 is 0. The van der Waals surface area contributed by atoms with Crippen LogP contribution in [0.3, 0.4) is 0 Å². The molecule has 0 saturated carbocycles. The Hall–Kier alpha value is -1.94. The Bertz CT molecular complexity index is 647. The number of benzene rings is 2. The second-order valence-electron chi connectivity index (χ2n) is 7.16. The van der Waals surface area contributed by atoms with Gasteiger partial charge in [-0.2, -0.15) is 0 Å². The fraction of sp³-hybridized carbons (Fsp3) is 0.273. The van der Waals surface area contributed by atoms with Gasteiger partial charge in [0.25, 0.3) is 8.32 Å². The monoisotopic (exact) mass is 352 g/mol. The van der Waals surface area contributed by atoms with E-state index in [-0.39, 0.29) is 11.6 Å². The van der Waals surface area contributed by atoms with Gasteiger partial charge in [-0.25, -0.2) is 0 Å². The summed E-state index contributed by atoms with van der Waals surface area (Å²) in [5, 5.41) is 12.6. The molecule has 2 rings (SSSR count). The van der Waals surface area contributed by atoms with Crippen molar-refractivity contribution in [3.05, 3.63) is 85.5 Å². The zero-order valence-corrected chi connectivity index (χ0v) is 16.4. The average molecular weight is 353 g/mol. The number of aliphatic hydroxyl groups excluding tert-OH is 1. The molecule has 132 valence electrons. The molecule has 2 aromatic carbocycles. The van der Waals surface area contributed by atoms with Gasteiger partial charge in [0.2, 0.25) is 0 Å². The molecule has 0 radical (unpaired) electrons. The van der Waals surface area contributed by atoms with Crippen LogP contribution in [0, 0.1) is 0 Å². The van der Waals surface area contributed by atoms with E-state index in [1.54, 1.807) is 18.2 Å². The average Bonchev–Trinajstić information content (AvgIpc) is 2.61. The third-order valence-corrected chi connectivity index (χ3v) is 9.36. The molecule has 0 amide bonds. The minimum atomic E-state index is -2.57. The van der Waals surface area contributed by atoms with Gasteiger partial charge < -0.3 is 9.53 Å². The van der Waals surface area contributed by atoms with Crippen molar-refractivity contribution in [1.82, 2.24) is 0 Å². The maximum Gasteiger partial charge on any atom is 0.261 e. The molecule has 0 aromatic heterocycles. The summed E-state index contributed by atoms with van der Waals surface area (Å²) in [5.41, 5.74) is 0. The normalized spacial score (nSPS) is 13.8. The lowest BCUT2D eigenvalue weighted by Gasteiger charge is -2.43. The third kappa shape index (κ3) is 4.37. The van der Waals surface area contributed by atoms with Crippen molar-refractivity contribution >= 4 is 18.7 Å². The van der Waals surface area contributed by atoms with Crippen LogP contribution in [0.4, 0.5) is 0 Å². The van der Waals surface area contributed by atoms with Gasteiger partial charge in [0.05, 0.1) is 12.7 Å². The number of hydrogen-bond acceptors (Lipinski definition) is 2. The van der Waals surface area contributed by atoms with Gasteiger partial charge in [0.15, 0.2) is 0 Å². The molecule has 2 aromatic rings. The van der Waals surface area contributed by atoms with Crippen molar-refractivity contribution in [1.29, 1.82) is 0 Å². The van der Waals surface area contributed by atoms with E-state index in [9.17, 15) is 5.11 Å². The second kappa shape index (κ2) is 8.43. The van der Waals surface area contributed by atoms with Crippen LogP contribution < -0.4 is 10.4 Å². The highest BCUT2D eigenvalue weighted by Gasteiger charge is 2.50. The molecule has 1 unspecified atom stereocenters. The summed E-state index contributed by atoms with van der Waals surface area (Å²) in [6.45, 7) is 10.6. The van der Waals surface area contributed by atoms with E-state index in [2.05, 4.69) is 75.9 Å². The van der Waals surface area contributed by atoms with Crippen molar-refractivity contribution in [2.75, 3.05) is 6.61 Å². The van der Waals surface area contributed by atoms with Crippen molar-refractivity contribution in [3.63, 3.8) is 0 Å². The molecule has 0 heterocycles. The summed E-state index contributed by atoms with van der Waals surface area (Å²) < 4.78 is 6.63. The highest BCUT2D eigenvalue weighted by molar-refractivity contribution is 6.99. The Balaban J connectivity index is 2.53. The largest absolute Gasteiger partial charge is 0.404 e. The fourth-order valence-electron chi connectivity index (χ4n) is 3.23. The highest BCUT2D eigenvalue weighted by atomic mass is 28.4. The van der Waals surface area contributed by atoms with Crippen LogP contribution in [0.2, 0.25) is 5.04 Å².